The number of amides is 2. The van der Waals surface area contributed by atoms with Gasteiger partial charge in [0.15, 0.2) is 21.2 Å². The molecule has 1 aliphatic carbocycles. The van der Waals surface area contributed by atoms with Crippen molar-refractivity contribution in [2.75, 3.05) is 26.2 Å². The molecule has 2 aliphatic heterocycles. The summed E-state index contributed by atoms with van der Waals surface area (Å²) in [6.45, 7) is -0.387. The molecular weight excluding hydrogens is 774 g/mol. The SMILES string of the molecule is COc1ccc([C@H]2C3=CCn4c(=O)n(CCc5nc6cc(OC)c(OC)cc6n(C)c5=O)c(=O)n4[C@@H]3C[C@@]3(Cl)C(=O)N(c4ccc(F)cc4)C(=O)[C@@]23Cl)c(O)c1. The number of aromatic hydroxyl groups is 1. The molecule has 2 aromatic heterocycles. The van der Waals surface area contributed by atoms with Gasteiger partial charge in [-0.05, 0) is 35.9 Å². The van der Waals surface area contributed by atoms with Crippen LogP contribution in [0.15, 0.2) is 80.6 Å². The molecule has 0 bridgehead atoms. The van der Waals surface area contributed by atoms with Gasteiger partial charge in [-0.15, -0.1) is 23.2 Å². The Balaban J connectivity index is 1.23. The fourth-order valence-electron chi connectivity index (χ4n) is 8.23. The first-order valence-electron chi connectivity index (χ1n) is 17.3. The van der Waals surface area contributed by atoms with E-state index in [4.69, 9.17) is 37.4 Å². The minimum absolute atomic E-state index is 0.0109. The summed E-state index contributed by atoms with van der Waals surface area (Å²) in [7, 11) is 5.91. The molecule has 4 atom stereocenters. The highest BCUT2D eigenvalue weighted by atomic mass is 35.5. The predicted molar refractivity (Wildman–Crippen MR) is 202 cm³/mol. The molecule has 290 valence electrons. The third kappa shape index (κ3) is 5.08. The van der Waals surface area contributed by atoms with Crippen LogP contribution in [0, 0.1) is 5.82 Å². The summed E-state index contributed by atoms with van der Waals surface area (Å²) in [5.74, 6) is -3.01. The first-order chi connectivity index (χ1) is 26.7. The van der Waals surface area contributed by atoms with Crippen LogP contribution in [0.1, 0.15) is 29.6 Å². The fraction of sp³-hybridized carbons (Fsp3) is 0.316. The number of ether oxygens (including phenoxy) is 3. The van der Waals surface area contributed by atoms with Gasteiger partial charge in [-0.3, -0.25) is 14.4 Å². The van der Waals surface area contributed by atoms with Crippen molar-refractivity contribution in [2.24, 2.45) is 7.05 Å². The van der Waals surface area contributed by atoms with Gasteiger partial charge < -0.3 is 23.9 Å². The smallest absolute Gasteiger partial charge is 0.347 e. The summed E-state index contributed by atoms with van der Waals surface area (Å²) in [4.78, 5) is 71.5. The van der Waals surface area contributed by atoms with Crippen LogP contribution in [-0.2, 0) is 36.1 Å². The number of imide groups is 1. The standard InChI is InChI=1S/C38H33Cl2FN6O9/c1-43-26-17-30(56-4)29(55-3)16-25(26)42-24(32(43)49)12-13-44-35(52)45-14-11-22-27(47(45)36(44)53)18-37(39)33(50)46(20-7-5-19(41)6-8-20)34(51)38(37,40)31(22)23-10-9-21(54-2)15-28(23)48/h5-11,15-17,27,31,48H,12-14,18H2,1-4H3/t27-,31-,37-,38+/m1/s1. The molecular formula is C38H33Cl2FN6O9. The Morgan fingerprint density at radius 3 is 2.27 bits per heavy atom. The second-order valence-corrected chi connectivity index (χ2v) is 15.0. The normalized spacial score (nSPS) is 22.8. The first kappa shape index (κ1) is 37.1. The molecule has 0 spiro atoms. The van der Waals surface area contributed by atoms with Gasteiger partial charge in [-0.2, -0.15) is 0 Å². The number of rotatable bonds is 8. The van der Waals surface area contributed by atoms with Gasteiger partial charge >= 0.3 is 11.4 Å². The number of carbonyl (C=O) groups excluding carboxylic acids is 2. The summed E-state index contributed by atoms with van der Waals surface area (Å²) in [6, 6.07) is 11.1. The highest BCUT2D eigenvalue weighted by Gasteiger charge is 2.76. The Bertz CT molecular complexity index is 2720. The topological polar surface area (TPSA) is 169 Å². The molecule has 0 radical (unpaired) electrons. The molecule has 15 nitrogen and oxygen atoms in total. The number of alkyl halides is 2. The van der Waals surface area contributed by atoms with Crippen LogP contribution in [0.4, 0.5) is 10.1 Å². The number of fused-ring (bicyclic) bond motifs is 5. The van der Waals surface area contributed by atoms with E-state index in [2.05, 4.69) is 4.98 Å². The third-order valence-electron chi connectivity index (χ3n) is 11.0. The van der Waals surface area contributed by atoms with E-state index in [-0.39, 0.29) is 48.0 Å². The third-order valence-corrected chi connectivity index (χ3v) is 12.4. The highest BCUT2D eigenvalue weighted by molar-refractivity contribution is 6.58. The minimum atomic E-state index is -2.27. The van der Waals surface area contributed by atoms with E-state index in [0.29, 0.717) is 28.1 Å². The van der Waals surface area contributed by atoms with Crippen LogP contribution >= 0.6 is 23.2 Å². The monoisotopic (exact) mass is 806 g/mol. The number of hydrogen-bond donors (Lipinski definition) is 1. The number of anilines is 1. The number of methoxy groups -OCH3 is 3. The van der Waals surface area contributed by atoms with Crippen LogP contribution < -0.4 is 36.0 Å². The molecule has 1 saturated heterocycles. The van der Waals surface area contributed by atoms with E-state index in [1.807, 2.05) is 0 Å². The van der Waals surface area contributed by atoms with E-state index in [1.165, 1.54) is 65.6 Å². The zero-order valence-electron chi connectivity index (χ0n) is 30.3. The lowest BCUT2D eigenvalue weighted by molar-refractivity contribution is -0.122. The maximum absolute atomic E-state index is 14.5. The number of aromatic nitrogens is 5. The van der Waals surface area contributed by atoms with Crippen molar-refractivity contribution in [1.82, 2.24) is 23.5 Å². The number of carbonyl (C=O) groups is 2. The van der Waals surface area contributed by atoms with Crippen molar-refractivity contribution < 1.29 is 33.3 Å². The summed E-state index contributed by atoms with van der Waals surface area (Å²) in [5, 5.41) is 11.4. The Labute approximate surface area is 326 Å². The van der Waals surface area contributed by atoms with Gasteiger partial charge in [0.05, 0.1) is 50.6 Å². The number of halogens is 3. The van der Waals surface area contributed by atoms with E-state index in [0.717, 1.165) is 21.6 Å². The van der Waals surface area contributed by atoms with Gasteiger partial charge in [-0.25, -0.2) is 37.8 Å². The highest BCUT2D eigenvalue weighted by Crippen LogP contribution is 2.64. The summed E-state index contributed by atoms with van der Waals surface area (Å²) in [6.07, 6.45) is 1.11. The van der Waals surface area contributed by atoms with E-state index < -0.39 is 62.7 Å². The van der Waals surface area contributed by atoms with Crippen LogP contribution in [0.5, 0.6) is 23.0 Å². The molecule has 8 rings (SSSR count). The summed E-state index contributed by atoms with van der Waals surface area (Å²) in [5.41, 5.74) is -0.465. The van der Waals surface area contributed by atoms with Crippen molar-refractivity contribution in [1.29, 1.82) is 0 Å². The van der Waals surface area contributed by atoms with Crippen molar-refractivity contribution in [3.8, 4) is 23.0 Å². The maximum atomic E-state index is 14.5. The first-order valence-corrected chi connectivity index (χ1v) is 18.1. The van der Waals surface area contributed by atoms with Gasteiger partial charge in [0.2, 0.25) is 0 Å². The number of aryl methyl sites for hydroxylation is 2. The molecule has 3 aliphatic rings. The van der Waals surface area contributed by atoms with E-state index in [1.54, 1.807) is 25.3 Å². The van der Waals surface area contributed by atoms with Gasteiger partial charge in [0.25, 0.3) is 17.4 Å². The fourth-order valence-corrected chi connectivity index (χ4v) is 9.14. The number of phenolic OH excluding ortho intramolecular Hbond substituents is 1. The molecule has 18 heteroatoms. The van der Waals surface area contributed by atoms with Gasteiger partial charge in [-0.1, -0.05) is 12.1 Å². The number of nitrogens with zero attached hydrogens (tertiary/aromatic N) is 6. The molecule has 3 aromatic carbocycles. The van der Waals surface area contributed by atoms with Gasteiger partial charge in [0, 0.05) is 56.1 Å². The van der Waals surface area contributed by atoms with Crippen LogP contribution in [-0.4, -0.2) is 71.5 Å². The Morgan fingerprint density at radius 1 is 0.911 bits per heavy atom. The predicted octanol–water partition coefficient (Wildman–Crippen LogP) is 3.37. The minimum Gasteiger partial charge on any atom is -0.508 e. The molecule has 1 N–H and O–H groups in total. The average molecular weight is 808 g/mol. The zero-order chi connectivity index (χ0) is 40.0. The molecule has 0 unspecified atom stereocenters. The van der Waals surface area contributed by atoms with Gasteiger partial charge in [0.1, 0.15) is 23.0 Å². The lowest BCUT2D eigenvalue weighted by Gasteiger charge is -2.49. The second kappa shape index (κ2) is 13.1. The molecule has 2 fully saturated rings. The second-order valence-electron chi connectivity index (χ2n) is 13.7. The van der Waals surface area contributed by atoms with E-state index >= 15 is 0 Å². The number of allylic oxidation sites excluding steroid dienone is 2. The van der Waals surface area contributed by atoms with Crippen molar-refractivity contribution in [3.05, 3.63) is 115 Å². The van der Waals surface area contributed by atoms with Crippen molar-refractivity contribution >= 4 is 51.7 Å². The van der Waals surface area contributed by atoms with Crippen LogP contribution in [0.3, 0.4) is 0 Å². The number of phenols is 1. The average Bonchev–Trinajstić information content (AvgIpc) is 3.52. The summed E-state index contributed by atoms with van der Waals surface area (Å²) < 4.78 is 34.7. The molecule has 5 aromatic rings. The Morgan fingerprint density at radius 2 is 1.61 bits per heavy atom. The lowest BCUT2D eigenvalue weighted by atomic mass is 9.64. The van der Waals surface area contributed by atoms with Crippen molar-refractivity contribution in [3.63, 3.8) is 0 Å². The largest absolute Gasteiger partial charge is 0.508 e. The molecule has 2 amide bonds. The van der Waals surface area contributed by atoms with Crippen LogP contribution in [0.2, 0.25) is 0 Å². The summed E-state index contributed by atoms with van der Waals surface area (Å²) >= 11 is 14.7. The number of benzene rings is 3. The van der Waals surface area contributed by atoms with E-state index in [9.17, 15) is 33.5 Å². The lowest BCUT2D eigenvalue weighted by Crippen LogP contribution is -2.59. The Kier molecular flexibility index (Phi) is 8.69. The molecule has 4 heterocycles. The number of hydrogen-bond acceptors (Lipinski definition) is 10. The van der Waals surface area contributed by atoms with Crippen LogP contribution in [0.25, 0.3) is 11.0 Å². The maximum Gasteiger partial charge on any atom is 0.347 e. The quantitative estimate of drug-likeness (QED) is 0.140. The van der Waals surface area contributed by atoms with Crippen molar-refractivity contribution in [2.45, 2.75) is 47.6 Å². The molecule has 1 saturated carbocycles. The molecule has 56 heavy (non-hydrogen) atoms. The zero-order valence-corrected chi connectivity index (χ0v) is 31.8. The Hall–Kier alpha value is -5.87.